The van der Waals surface area contributed by atoms with Gasteiger partial charge in [0.05, 0.1) is 13.2 Å². The third-order valence-electron chi connectivity index (χ3n) is 18.2. The number of hydrogen-bond donors (Lipinski definition) is 7. The van der Waals surface area contributed by atoms with Gasteiger partial charge in [-0.3, -0.25) is 9.59 Å². The van der Waals surface area contributed by atoms with E-state index in [9.17, 15) is 24.6 Å². The van der Waals surface area contributed by atoms with Crippen molar-refractivity contribution in [1.82, 2.24) is 40.8 Å². The molecule has 4 saturated carbocycles. The van der Waals surface area contributed by atoms with E-state index in [1.807, 2.05) is 62.1 Å². The molecule has 2 aromatic heterocycles. The summed E-state index contributed by atoms with van der Waals surface area (Å²) in [5, 5.41) is 36.3. The average Bonchev–Trinajstić information content (AvgIpc) is 4.39. The van der Waals surface area contributed by atoms with E-state index < -0.39 is 5.60 Å². The number of carbonyl (C=O) groups is 3. The fourth-order valence-corrected chi connectivity index (χ4v) is 13.9. The lowest BCUT2D eigenvalue weighted by molar-refractivity contribution is -0.0265. The number of ether oxygens (including phenoxy) is 1. The van der Waals surface area contributed by atoms with Crippen LogP contribution in [0.25, 0.3) is 0 Å². The number of amides is 3. The van der Waals surface area contributed by atoms with E-state index in [1.165, 1.54) is 38.5 Å². The third-order valence-corrected chi connectivity index (χ3v) is 18.9. The van der Waals surface area contributed by atoms with Crippen LogP contribution < -0.4 is 36.4 Å². The molecule has 424 valence electrons. The molecule has 4 aliphatic heterocycles. The van der Waals surface area contributed by atoms with E-state index in [1.54, 1.807) is 12.4 Å². The first-order valence-electron chi connectivity index (χ1n) is 28.8. The van der Waals surface area contributed by atoms with Crippen molar-refractivity contribution >= 4 is 64.6 Å². The highest BCUT2D eigenvalue weighted by Crippen LogP contribution is 2.53. The van der Waals surface area contributed by atoms with E-state index in [-0.39, 0.29) is 36.5 Å². The Morgan fingerprint density at radius 3 is 1.51 bits per heavy atom. The molecule has 4 aliphatic carbocycles. The zero-order valence-corrected chi connectivity index (χ0v) is 47.5. The number of carbonyl (C=O) groups excluding carboxylic acids is 3. The van der Waals surface area contributed by atoms with E-state index >= 15 is 0 Å². The molecule has 3 amide bonds. The second-order valence-corrected chi connectivity index (χ2v) is 26.1. The fourth-order valence-electron chi connectivity index (χ4n) is 13.4. The molecular weight excluding hydrogens is 1040 g/mol. The Balaban J connectivity index is 0.000000170. The predicted molar refractivity (Wildman–Crippen MR) is 305 cm³/mol. The van der Waals surface area contributed by atoms with Gasteiger partial charge in [0, 0.05) is 87.9 Å². The van der Waals surface area contributed by atoms with Gasteiger partial charge >= 0.3 is 6.09 Å². The van der Waals surface area contributed by atoms with Crippen molar-refractivity contribution in [3.63, 3.8) is 0 Å². The normalized spacial score (nSPS) is 24.1. The summed E-state index contributed by atoms with van der Waals surface area (Å²) in [5.41, 5.74) is 4.41. The molecule has 12 rings (SSSR count). The number of hydrogen-bond acceptors (Lipinski definition) is 15. The Kier molecular flexibility index (Phi) is 16.2. The van der Waals surface area contributed by atoms with Gasteiger partial charge in [-0.15, -0.1) is 0 Å². The quantitative estimate of drug-likeness (QED) is 0.0564. The van der Waals surface area contributed by atoms with Gasteiger partial charge in [-0.25, -0.2) is 14.8 Å². The first-order valence-corrected chi connectivity index (χ1v) is 29.5. The number of aliphatic hydroxyl groups is 2. The Hall–Kier alpha value is -5.53. The minimum atomic E-state index is -0.485. The first-order chi connectivity index (χ1) is 38.0. The molecule has 2 spiro atoms. The van der Waals surface area contributed by atoms with Crippen molar-refractivity contribution in [2.24, 2.45) is 46.3 Å². The number of halogens is 2. The van der Waals surface area contributed by atoms with Crippen molar-refractivity contribution in [3.8, 4) is 0 Å². The maximum atomic E-state index is 13.4. The summed E-state index contributed by atoms with van der Waals surface area (Å²) in [4.78, 5) is 64.1. The van der Waals surface area contributed by atoms with Crippen LogP contribution in [0.3, 0.4) is 0 Å². The van der Waals surface area contributed by atoms with Crippen molar-refractivity contribution in [2.75, 3.05) is 85.9 Å². The molecule has 8 aliphatic rings. The zero-order chi connectivity index (χ0) is 55.1. The highest BCUT2D eigenvalue weighted by Gasteiger charge is 2.49. The van der Waals surface area contributed by atoms with Gasteiger partial charge in [0.15, 0.2) is 0 Å². The lowest BCUT2D eigenvalue weighted by Gasteiger charge is -2.52. The van der Waals surface area contributed by atoms with Gasteiger partial charge in [0.2, 0.25) is 11.9 Å². The van der Waals surface area contributed by atoms with Gasteiger partial charge in [-0.05, 0) is 179 Å². The van der Waals surface area contributed by atoms with Gasteiger partial charge in [-0.1, -0.05) is 47.5 Å². The number of nitrogens with one attached hydrogen (secondary N) is 5. The molecule has 4 aromatic rings. The summed E-state index contributed by atoms with van der Waals surface area (Å²) in [6.07, 6.45) is 14.7. The number of piperidine rings is 4. The van der Waals surface area contributed by atoms with Crippen molar-refractivity contribution in [3.05, 3.63) is 92.2 Å². The molecule has 7 N–H and O–H groups in total. The smallest absolute Gasteiger partial charge is 0.410 e. The molecule has 6 heterocycles. The molecule has 18 nitrogen and oxygen atoms in total. The molecule has 79 heavy (non-hydrogen) atoms. The maximum absolute atomic E-state index is 13.4. The van der Waals surface area contributed by atoms with Crippen LogP contribution in [0.1, 0.15) is 128 Å². The van der Waals surface area contributed by atoms with Crippen LogP contribution >= 0.6 is 23.2 Å². The lowest BCUT2D eigenvalue weighted by Crippen LogP contribution is -2.51. The largest absolute Gasteiger partial charge is 0.444 e. The number of benzene rings is 2. The topological polar surface area (TPSA) is 222 Å². The fraction of sp³-hybridized carbons (Fsp3) is 0.610. The first kappa shape index (κ1) is 55.4. The predicted octanol–water partition coefficient (Wildman–Crippen LogP) is 8.05. The summed E-state index contributed by atoms with van der Waals surface area (Å²) in [6.45, 7) is 15.3. The number of nitrogens with zero attached hydrogens (tertiary/aromatic N) is 7. The molecule has 4 unspecified atom stereocenters. The molecule has 20 heteroatoms. The Morgan fingerprint density at radius 1 is 0.671 bits per heavy atom. The van der Waals surface area contributed by atoms with Crippen LogP contribution in [0.5, 0.6) is 0 Å². The molecule has 4 atom stereocenters. The monoisotopic (exact) mass is 1120 g/mol. The number of anilines is 4. The van der Waals surface area contributed by atoms with Gasteiger partial charge in [-0.2, -0.15) is 9.97 Å². The van der Waals surface area contributed by atoms with Gasteiger partial charge < -0.3 is 56.2 Å². The number of aromatic nitrogens is 4. The van der Waals surface area contributed by atoms with Crippen LogP contribution in [0, 0.1) is 46.3 Å². The van der Waals surface area contributed by atoms with E-state index in [4.69, 9.17) is 37.9 Å². The van der Waals surface area contributed by atoms with Crippen LogP contribution in [0.2, 0.25) is 10.0 Å². The van der Waals surface area contributed by atoms with Crippen molar-refractivity contribution in [2.45, 2.75) is 117 Å². The zero-order valence-electron chi connectivity index (χ0n) is 46.0. The van der Waals surface area contributed by atoms with Crippen LogP contribution in [-0.4, -0.2) is 124 Å². The summed E-state index contributed by atoms with van der Waals surface area (Å²) in [6, 6.07) is 11.1. The highest BCUT2D eigenvalue weighted by molar-refractivity contribution is 6.31. The minimum absolute atomic E-state index is 0.0943. The Bertz CT molecular complexity index is 2860. The molecule has 4 saturated heterocycles. The molecule has 2 aromatic carbocycles. The van der Waals surface area contributed by atoms with E-state index in [0.717, 1.165) is 113 Å². The standard InChI is InChI=1S/C32H43ClN6O4.C27H35ClN6O2/c1-31(2,3)43-30(42)38-8-6-32(7-9-38)12-21(13-32)15-35-28(41)25-16-36-29(39-17-23-11-24(23)18-39)37-27(25)34-14-20-4-5-22(19-40)26(33)10-20;28-23-7-17(1-2-19(23)16-35)11-30-24-22(13-32-26(33-24)34-14-20-8-21(20)15-34)25(36)31-12-18-9-27(10-18)3-5-29-6-4-27/h4-5,10,16,21,23-24,40H,6-9,11-15,17-19H2,1-3H3,(H,35,41)(H,34,36,37);1-2,7,13,18,20-21,29,35H,3-6,8-12,14-16H2,(H,31,36)(H,30,32,33). The van der Waals surface area contributed by atoms with E-state index in [2.05, 4.69) is 46.4 Å². The van der Waals surface area contributed by atoms with Crippen LogP contribution in [0.4, 0.5) is 28.3 Å². The van der Waals surface area contributed by atoms with Crippen molar-refractivity contribution < 1.29 is 29.3 Å². The Morgan fingerprint density at radius 2 is 1.10 bits per heavy atom. The summed E-state index contributed by atoms with van der Waals surface area (Å²) < 4.78 is 5.54. The number of aliphatic hydroxyl groups excluding tert-OH is 2. The third kappa shape index (κ3) is 13.1. The second kappa shape index (κ2) is 23.1. The number of rotatable bonds is 16. The van der Waals surface area contributed by atoms with Crippen molar-refractivity contribution in [1.29, 1.82) is 0 Å². The van der Waals surface area contributed by atoms with Crippen LogP contribution in [0.15, 0.2) is 48.8 Å². The van der Waals surface area contributed by atoms with Gasteiger partial charge in [0.25, 0.3) is 11.8 Å². The molecule has 0 radical (unpaired) electrons. The SMILES string of the molecule is CC(C)(C)OC(=O)N1CCC2(CC1)CC(CNC(=O)c1cnc(N3CC4CC4C3)nc1NCc1ccc(CO)c(Cl)c1)C2.O=C(NCC1CC2(CCNCC2)C1)c1cnc(N2CC3CC3C2)nc1NCc1ccc(CO)c(Cl)c1. The average molecular weight is 1120 g/mol. The summed E-state index contributed by atoms with van der Waals surface area (Å²) in [5.74, 6) is 6.05. The summed E-state index contributed by atoms with van der Waals surface area (Å²) >= 11 is 12.6. The minimum Gasteiger partial charge on any atom is -0.444 e. The summed E-state index contributed by atoms with van der Waals surface area (Å²) in [7, 11) is 0. The number of fused-ring (bicyclic) bond motifs is 2. The van der Waals surface area contributed by atoms with Crippen LogP contribution in [-0.2, 0) is 31.0 Å². The molecular formula is C59H78Cl2N12O6. The molecule has 0 bridgehead atoms. The highest BCUT2D eigenvalue weighted by atomic mass is 35.5. The Labute approximate surface area is 473 Å². The lowest BCUT2D eigenvalue weighted by atomic mass is 9.57. The van der Waals surface area contributed by atoms with Gasteiger partial charge in [0.1, 0.15) is 28.4 Å². The van der Waals surface area contributed by atoms with E-state index in [0.29, 0.717) is 99.3 Å². The molecule has 8 fully saturated rings. The maximum Gasteiger partial charge on any atom is 0.410 e. The number of likely N-dealkylation sites (tertiary alicyclic amines) is 1. The second-order valence-electron chi connectivity index (χ2n) is 25.2.